The topological polar surface area (TPSA) is 97.4 Å². The third-order valence-corrected chi connectivity index (χ3v) is 6.24. The Bertz CT molecular complexity index is 1310. The van der Waals surface area contributed by atoms with E-state index in [1.165, 1.54) is 12.0 Å². The number of carbonyl (C=O) groups is 3. The molecule has 9 nitrogen and oxygen atoms in total. The molecule has 1 N–H and O–H groups in total. The molecular formula is C29H31N3O6. The summed E-state index contributed by atoms with van der Waals surface area (Å²) in [6.07, 6.45) is -0.201. The SMILES string of the molecule is CCOc1ccc(NC(=O)C[C@H]2C(=O)N(c3ccc(C)cc3)C(=O)N2Cc2ccc(OC)c(OC)c2)cc1. The number of benzene rings is 3. The van der Waals surface area contributed by atoms with E-state index in [-0.39, 0.29) is 18.9 Å². The number of hydrogen-bond acceptors (Lipinski definition) is 6. The number of anilines is 2. The van der Waals surface area contributed by atoms with Crippen LogP contribution in [-0.2, 0) is 16.1 Å². The van der Waals surface area contributed by atoms with Crippen LogP contribution in [0.15, 0.2) is 66.7 Å². The van der Waals surface area contributed by atoms with Crippen LogP contribution in [0, 0.1) is 6.92 Å². The smallest absolute Gasteiger partial charge is 0.332 e. The molecule has 1 aliphatic heterocycles. The van der Waals surface area contributed by atoms with Crippen molar-refractivity contribution in [1.82, 2.24) is 4.90 Å². The van der Waals surface area contributed by atoms with Gasteiger partial charge in [0, 0.05) is 12.2 Å². The van der Waals surface area contributed by atoms with Crippen molar-refractivity contribution < 1.29 is 28.6 Å². The van der Waals surface area contributed by atoms with Gasteiger partial charge < -0.3 is 24.4 Å². The third-order valence-electron chi connectivity index (χ3n) is 6.24. The van der Waals surface area contributed by atoms with Gasteiger partial charge in [0.15, 0.2) is 11.5 Å². The first kappa shape index (κ1) is 26.5. The highest BCUT2D eigenvalue weighted by Gasteiger charge is 2.46. The first-order valence-corrected chi connectivity index (χ1v) is 12.3. The summed E-state index contributed by atoms with van der Waals surface area (Å²) < 4.78 is 16.1. The zero-order valence-electron chi connectivity index (χ0n) is 21.9. The number of nitrogens with zero attached hydrogens (tertiary/aromatic N) is 2. The van der Waals surface area contributed by atoms with Crippen molar-refractivity contribution in [3.8, 4) is 17.2 Å². The maximum absolute atomic E-state index is 13.6. The predicted octanol–water partition coefficient (Wildman–Crippen LogP) is 4.78. The maximum Gasteiger partial charge on any atom is 0.332 e. The van der Waals surface area contributed by atoms with Crippen LogP contribution >= 0.6 is 0 Å². The lowest BCUT2D eigenvalue weighted by Crippen LogP contribution is -2.37. The Labute approximate surface area is 221 Å². The van der Waals surface area contributed by atoms with Crippen molar-refractivity contribution in [2.45, 2.75) is 32.9 Å². The molecule has 1 fully saturated rings. The first-order chi connectivity index (χ1) is 18.3. The van der Waals surface area contributed by atoms with Crippen LogP contribution in [0.4, 0.5) is 16.2 Å². The van der Waals surface area contributed by atoms with Gasteiger partial charge >= 0.3 is 6.03 Å². The summed E-state index contributed by atoms with van der Waals surface area (Å²) in [5, 5.41) is 2.81. The number of rotatable bonds is 10. The van der Waals surface area contributed by atoms with Crippen molar-refractivity contribution >= 4 is 29.2 Å². The van der Waals surface area contributed by atoms with Crippen molar-refractivity contribution in [1.29, 1.82) is 0 Å². The first-order valence-electron chi connectivity index (χ1n) is 12.3. The molecular weight excluding hydrogens is 486 g/mol. The number of hydrogen-bond donors (Lipinski definition) is 1. The lowest BCUT2D eigenvalue weighted by molar-refractivity contribution is -0.124. The zero-order valence-corrected chi connectivity index (χ0v) is 21.9. The van der Waals surface area contributed by atoms with Gasteiger partial charge in [-0.05, 0) is 67.9 Å². The third kappa shape index (κ3) is 5.72. The molecule has 1 saturated heterocycles. The van der Waals surface area contributed by atoms with E-state index >= 15 is 0 Å². The Kier molecular flexibility index (Phi) is 8.15. The number of aryl methyl sites for hydroxylation is 1. The predicted molar refractivity (Wildman–Crippen MR) is 144 cm³/mol. The largest absolute Gasteiger partial charge is 0.494 e. The van der Waals surface area contributed by atoms with E-state index in [4.69, 9.17) is 14.2 Å². The van der Waals surface area contributed by atoms with E-state index in [0.717, 1.165) is 16.0 Å². The molecule has 4 rings (SSSR count). The number of methoxy groups -OCH3 is 2. The van der Waals surface area contributed by atoms with E-state index in [2.05, 4.69) is 5.32 Å². The molecule has 0 saturated carbocycles. The van der Waals surface area contributed by atoms with Gasteiger partial charge in [-0.3, -0.25) is 9.59 Å². The number of amides is 4. The van der Waals surface area contributed by atoms with Gasteiger partial charge in [0.1, 0.15) is 11.8 Å². The quantitative estimate of drug-likeness (QED) is 0.389. The van der Waals surface area contributed by atoms with Crippen molar-refractivity contribution in [3.05, 3.63) is 77.9 Å². The molecule has 3 aromatic carbocycles. The van der Waals surface area contributed by atoms with Gasteiger partial charge in [-0.2, -0.15) is 0 Å². The molecule has 38 heavy (non-hydrogen) atoms. The molecule has 1 heterocycles. The summed E-state index contributed by atoms with van der Waals surface area (Å²) in [6, 6.07) is 17.9. The fourth-order valence-corrected chi connectivity index (χ4v) is 4.31. The Morgan fingerprint density at radius 3 is 2.24 bits per heavy atom. The van der Waals surface area contributed by atoms with Crippen molar-refractivity contribution in [2.24, 2.45) is 0 Å². The van der Waals surface area contributed by atoms with Crippen LogP contribution in [0.5, 0.6) is 17.2 Å². The fraction of sp³-hybridized carbons (Fsp3) is 0.276. The summed E-state index contributed by atoms with van der Waals surface area (Å²) in [7, 11) is 3.07. The fourth-order valence-electron chi connectivity index (χ4n) is 4.31. The molecule has 0 unspecified atom stereocenters. The second-order valence-electron chi connectivity index (χ2n) is 8.83. The molecule has 3 aromatic rings. The minimum Gasteiger partial charge on any atom is -0.494 e. The molecule has 0 aliphatic carbocycles. The number of nitrogens with one attached hydrogen (secondary N) is 1. The second-order valence-corrected chi connectivity index (χ2v) is 8.83. The van der Waals surface area contributed by atoms with Crippen LogP contribution < -0.4 is 24.4 Å². The number of urea groups is 1. The van der Waals surface area contributed by atoms with Crippen molar-refractivity contribution in [2.75, 3.05) is 31.0 Å². The van der Waals surface area contributed by atoms with Gasteiger partial charge in [-0.1, -0.05) is 23.8 Å². The monoisotopic (exact) mass is 517 g/mol. The Morgan fingerprint density at radius 1 is 0.921 bits per heavy atom. The lowest BCUT2D eigenvalue weighted by atomic mass is 10.1. The molecule has 0 aromatic heterocycles. The van der Waals surface area contributed by atoms with Gasteiger partial charge in [-0.25, -0.2) is 9.69 Å². The minimum atomic E-state index is -0.986. The normalized spacial score (nSPS) is 15.0. The van der Waals surface area contributed by atoms with E-state index in [1.54, 1.807) is 61.7 Å². The van der Waals surface area contributed by atoms with Gasteiger partial charge in [0.05, 0.1) is 32.9 Å². The Balaban J connectivity index is 1.59. The highest BCUT2D eigenvalue weighted by molar-refractivity contribution is 6.22. The molecule has 1 atom stereocenters. The standard InChI is InChI=1S/C29H31N3O6/c1-5-38-23-13-9-21(10-14-23)30-27(33)17-24-28(34)32(22-11-6-19(2)7-12-22)29(35)31(24)18-20-8-15-25(36-3)26(16-20)37-4/h6-16,24H,5,17-18H2,1-4H3,(H,30,33)/t24-/m0/s1. The molecule has 1 aliphatic rings. The average molecular weight is 518 g/mol. The molecule has 0 spiro atoms. The van der Waals surface area contributed by atoms with Gasteiger partial charge in [-0.15, -0.1) is 0 Å². The van der Waals surface area contributed by atoms with Crippen LogP contribution in [0.2, 0.25) is 0 Å². The highest BCUT2D eigenvalue weighted by atomic mass is 16.5. The highest BCUT2D eigenvalue weighted by Crippen LogP contribution is 2.32. The Morgan fingerprint density at radius 2 is 1.61 bits per heavy atom. The van der Waals surface area contributed by atoms with Gasteiger partial charge in [0.2, 0.25) is 5.91 Å². The van der Waals surface area contributed by atoms with E-state index in [9.17, 15) is 14.4 Å². The number of carbonyl (C=O) groups excluding carboxylic acids is 3. The Hall–Kier alpha value is -4.53. The summed E-state index contributed by atoms with van der Waals surface area (Å²) in [5.41, 5.74) is 2.75. The number of ether oxygens (including phenoxy) is 3. The molecule has 0 radical (unpaired) electrons. The average Bonchev–Trinajstić information content (AvgIpc) is 3.14. The van der Waals surface area contributed by atoms with Crippen LogP contribution in [-0.4, -0.2) is 49.6 Å². The lowest BCUT2D eigenvalue weighted by Gasteiger charge is -2.22. The minimum absolute atomic E-state index is 0.105. The maximum atomic E-state index is 13.6. The zero-order chi connectivity index (χ0) is 27.2. The molecule has 198 valence electrons. The second kappa shape index (κ2) is 11.7. The molecule has 4 amide bonds. The van der Waals surface area contributed by atoms with Crippen LogP contribution in [0.3, 0.4) is 0 Å². The van der Waals surface area contributed by atoms with E-state index in [0.29, 0.717) is 35.2 Å². The van der Waals surface area contributed by atoms with Crippen LogP contribution in [0.25, 0.3) is 0 Å². The van der Waals surface area contributed by atoms with E-state index < -0.39 is 18.0 Å². The summed E-state index contributed by atoms with van der Waals surface area (Å²) in [5.74, 6) is 0.900. The summed E-state index contributed by atoms with van der Waals surface area (Å²) >= 11 is 0. The molecule has 9 heteroatoms. The van der Waals surface area contributed by atoms with Gasteiger partial charge in [0.25, 0.3) is 5.91 Å². The summed E-state index contributed by atoms with van der Waals surface area (Å²) in [6.45, 7) is 4.46. The van der Waals surface area contributed by atoms with E-state index in [1.807, 2.05) is 26.0 Å². The number of imide groups is 1. The van der Waals surface area contributed by atoms with Crippen molar-refractivity contribution in [3.63, 3.8) is 0 Å². The summed E-state index contributed by atoms with van der Waals surface area (Å²) in [4.78, 5) is 42.7. The molecule has 0 bridgehead atoms. The van der Waals surface area contributed by atoms with Crippen LogP contribution in [0.1, 0.15) is 24.5 Å².